The molecule has 30 heavy (non-hydrogen) atoms. The normalized spacial score (nSPS) is 14.9. The molecule has 0 bridgehead atoms. The van der Waals surface area contributed by atoms with Crippen LogP contribution in [-0.4, -0.2) is 31.0 Å². The van der Waals surface area contributed by atoms with E-state index in [1.807, 2.05) is 60.7 Å². The van der Waals surface area contributed by atoms with Crippen LogP contribution in [0.25, 0.3) is 0 Å². The van der Waals surface area contributed by atoms with Crippen molar-refractivity contribution >= 4 is 17.8 Å². The van der Waals surface area contributed by atoms with Crippen molar-refractivity contribution in [1.29, 1.82) is 0 Å². The number of amides is 3. The van der Waals surface area contributed by atoms with Gasteiger partial charge in [-0.3, -0.25) is 10.1 Å². The van der Waals surface area contributed by atoms with Gasteiger partial charge in [0.25, 0.3) is 0 Å². The fourth-order valence-corrected chi connectivity index (χ4v) is 3.27. The maximum absolute atomic E-state index is 12.6. The molecule has 0 radical (unpaired) electrons. The molecular weight excluding hydrogens is 395 g/mol. The minimum absolute atomic E-state index is 0. The van der Waals surface area contributed by atoms with E-state index >= 15 is 0 Å². The molecule has 0 spiro atoms. The van der Waals surface area contributed by atoms with E-state index in [0.717, 1.165) is 11.5 Å². The van der Waals surface area contributed by atoms with Gasteiger partial charge in [0.1, 0.15) is 11.5 Å². The molecule has 2 aromatic carbocycles. The summed E-state index contributed by atoms with van der Waals surface area (Å²) in [6.07, 6.45) is 1.42. The monoisotopic (exact) mass is 418 g/mol. The van der Waals surface area contributed by atoms with Crippen LogP contribution in [0.1, 0.15) is 25.7 Å². The van der Waals surface area contributed by atoms with Crippen LogP contribution >= 0.6 is 0 Å². The van der Waals surface area contributed by atoms with Gasteiger partial charge in [-0.1, -0.05) is 36.4 Å². The predicted molar refractivity (Wildman–Crippen MR) is 106 cm³/mol. The van der Waals surface area contributed by atoms with E-state index in [4.69, 9.17) is 9.47 Å². The summed E-state index contributed by atoms with van der Waals surface area (Å²) in [6, 6.07) is 17.7. The van der Waals surface area contributed by atoms with Gasteiger partial charge in [-0.05, 0) is 55.8 Å². The molecule has 1 N–H and O–H groups in total. The summed E-state index contributed by atoms with van der Waals surface area (Å²) in [7, 11) is 0. The summed E-state index contributed by atoms with van der Waals surface area (Å²) in [5, 5.41) is 14.7. The Kier molecular flexibility index (Phi) is 9.36. The molecule has 3 rings (SSSR count). The first kappa shape index (κ1) is 23.9. The molecule has 0 aliphatic carbocycles. The average Bonchev–Trinajstić information content (AvgIpc) is 2.73. The Morgan fingerprint density at radius 3 is 1.73 bits per heavy atom. The topological polar surface area (TPSA) is 100 Å². The van der Waals surface area contributed by atoms with Crippen molar-refractivity contribution in [2.75, 3.05) is 13.2 Å². The van der Waals surface area contributed by atoms with E-state index in [-0.39, 0.29) is 42.4 Å². The first-order valence-corrected chi connectivity index (χ1v) is 9.57. The minimum atomic E-state index is -1.37. The number of ether oxygens (including phenoxy) is 2. The summed E-state index contributed by atoms with van der Waals surface area (Å²) >= 11 is 0. The number of urea groups is 1. The summed E-state index contributed by atoms with van der Waals surface area (Å²) in [6.45, 7) is 0.696. The molecule has 0 fully saturated rings. The zero-order valence-corrected chi connectivity index (χ0v) is 19.0. The molecule has 0 saturated heterocycles. The van der Waals surface area contributed by atoms with Gasteiger partial charge < -0.3 is 14.6 Å². The first-order valence-electron chi connectivity index (χ1n) is 9.57. The van der Waals surface area contributed by atoms with E-state index < -0.39 is 23.3 Å². The predicted octanol–water partition coefficient (Wildman–Crippen LogP) is -0.296. The number of nitrogens with zero attached hydrogens (tertiary/aromatic N) is 1. The van der Waals surface area contributed by atoms with E-state index in [1.165, 1.54) is 0 Å². The number of carbonyl (C=O) groups is 2. The Morgan fingerprint density at radius 1 is 0.833 bits per heavy atom. The van der Waals surface area contributed by atoms with Gasteiger partial charge in [-0.2, -0.15) is 0 Å². The zero-order valence-electron chi connectivity index (χ0n) is 17.0. The number of nitrogens with one attached hydrogen (secondary N) is 1. The number of hydrogen-bond acceptors (Lipinski definition) is 5. The van der Waals surface area contributed by atoms with Crippen molar-refractivity contribution in [1.82, 2.24) is 5.32 Å². The van der Waals surface area contributed by atoms with Gasteiger partial charge in [-0.15, -0.1) is 0 Å². The molecule has 0 aromatic heterocycles. The van der Waals surface area contributed by atoms with Crippen molar-refractivity contribution in [3.63, 3.8) is 0 Å². The molecule has 8 heteroatoms. The Labute approximate surface area is 197 Å². The van der Waals surface area contributed by atoms with Gasteiger partial charge in [0.2, 0.25) is 5.91 Å². The van der Waals surface area contributed by atoms with E-state index in [1.54, 1.807) is 0 Å². The third-order valence-electron chi connectivity index (χ3n) is 4.79. The van der Waals surface area contributed by atoms with Crippen LogP contribution in [0, 0.1) is 5.41 Å². The molecule has 0 saturated carbocycles. The van der Waals surface area contributed by atoms with Crippen molar-refractivity contribution in [3.05, 3.63) is 60.7 Å². The standard InChI is InChI=1S/C22H24N2O5.Na/c25-19-22(20(26)24-21(27)23-19,13-7-15-28-17-9-3-1-4-10-17)14-8-16-29-18-11-5-2-6-12-18;/h1-6,9-12H,7-8,13-16H2,(H2,23,24,25,26,27);/q;+1/p-1. The smallest absolute Gasteiger partial charge is 0.861 e. The Morgan fingerprint density at radius 2 is 1.30 bits per heavy atom. The third-order valence-corrected chi connectivity index (χ3v) is 4.79. The van der Waals surface area contributed by atoms with Crippen molar-refractivity contribution < 1.29 is 53.7 Å². The third kappa shape index (κ3) is 6.32. The second-order valence-corrected chi connectivity index (χ2v) is 6.79. The number of aliphatic imine (C=N–C) groups is 1. The van der Waals surface area contributed by atoms with Crippen LogP contribution in [0.15, 0.2) is 65.7 Å². The zero-order chi connectivity index (χ0) is 20.5. The van der Waals surface area contributed by atoms with Gasteiger partial charge in [0, 0.05) is 0 Å². The van der Waals surface area contributed by atoms with Gasteiger partial charge >= 0.3 is 35.6 Å². The van der Waals surface area contributed by atoms with Crippen LogP contribution in [0.2, 0.25) is 0 Å². The summed E-state index contributed by atoms with van der Waals surface area (Å²) in [5.41, 5.74) is -1.37. The van der Waals surface area contributed by atoms with Crippen molar-refractivity contribution in [3.8, 4) is 11.5 Å². The minimum Gasteiger partial charge on any atom is -0.861 e. The van der Waals surface area contributed by atoms with E-state index in [9.17, 15) is 14.7 Å². The second-order valence-electron chi connectivity index (χ2n) is 6.79. The van der Waals surface area contributed by atoms with Crippen LogP contribution in [0.5, 0.6) is 11.5 Å². The SMILES string of the molecule is O=C1N=C([O-])C(CCCOc2ccccc2)(CCCOc2ccccc2)C(=O)N1.[Na+]. The van der Waals surface area contributed by atoms with Crippen LogP contribution < -0.4 is 49.5 Å². The number of hydrogen-bond donors (Lipinski definition) is 1. The fraction of sp³-hybridized carbons (Fsp3) is 0.318. The fourth-order valence-electron chi connectivity index (χ4n) is 3.27. The Balaban J connectivity index is 0.00000320. The number of carbonyl (C=O) groups excluding carboxylic acids is 2. The van der Waals surface area contributed by atoms with Crippen LogP contribution in [-0.2, 0) is 4.79 Å². The van der Waals surface area contributed by atoms with E-state index in [2.05, 4.69) is 10.3 Å². The van der Waals surface area contributed by atoms with Gasteiger partial charge in [0.15, 0.2) is 0 Å². The first-order chi connectivity index (χ1) is 14.1. The number of para-hydroxylation sites is 2. The molecule has 1 aliphatic rings. The summed E-state index contributed by atoms with van der Waals surface area (Å²) < 4.78 is 11.3. The number of benzene rings is 2. The Hall–Kier alpha value is -2.35. The number of imide groups is 1. The molecule has 7 nitrogen and oxygen atoms in total. The van der Waals surface area contributed by atoms with Crippen molar-refractivity contribution in [2.24, 2.45) is 10.4 Å². The molecule has 1 heterocycles. The molecule has 0 atom stereocenters. The quantitative estimate of drug-likeness (QED) is 0.422. The van der Waals surface area contributed by atoms with Crippen LogP contribution in [0.4, 0.5) is 4.79 Å². The van der Waals surface area contributed by atoms with Gasteiger partial charge in [-0.25, -0.2) is 9.79 Å². The van der Waals surface area contributed by atoms with Gasteiger partial charge in [0.05, 0.1) is 18.6 Å². The molecule has 1 aliphatic heterocycles. The molecule has 3 amide bonds. The molecule has 2 aromatic rings. The van der Waals surface area contributed by atoms with E-state index in [0.29, 0.717) is 26.1 Å². The maximum Gasteiger partial charge on any atom is 1.00 e. The largest absolute Gasteiger partial charge is 1.00 e. The number of rotatable bonds is 10. The molecular formula is C22H23N2NaO5. The summed E-state index contributed by atoms with van der Waals surface area (Å²) in [5.74, 6) is 0.154. The average molecular weight is 418 g/mol. The summed E-state index contributed by atoms with van der Waals surface area (Å²) in [4.78, 5) is 27.5. The second kappa shape index (κ2) is 11.7. The molecule has 0 unspecified atom stereocenters. The van der Waals surface area contributed by atoms with Crippen LogP contribution in [0.3, 0.4) is 0 Å². The Bertz CT molecular complexity index is 811. The molecule has 152 valence electrons. The maximum atomic E-state index is 12.6. The van der Waals surface area contributed by atoms with Crippen molar-refractivity contribution in [2.45, 2.75) is 25.7 Å².